The van der Waals surface area contributed by atoms with Gasteiger partial charge in [0.25, 0.3) is 11.8 Å². The molecule has 13 heteroatoms. The van der Waals surface area contributed by atoms with Crippen LogP contribution in [0.3, 0.4) is 0 Å². The Morgan fingerprint density at radius 1 is 1.00 bits per heavy atom. The van der Waals surface area contributed by atoms with Crippen LogP contribution in [0, 0.1) is 24.5 Å². The van der Waals surface area contributed by atoms with Crippen molar-refractivity contribution < 1.29 is 31.9 Å². The summed E-state index contributed by atoms with van der Waals surface area (Å²) < 4.78 is 51.7. The lowest BCUT2D eigenvalue weighted by Crippen LogP contribution is -2.21. The first kappa shape index (κ1) is 25.1. The largest absolute Gasteiger partial charge is 0.326 e. The molecule has 1 aliphatic rings. The van der Waals surface area contributed by atoms with E-state index in [9.17, 15) is 31.9 Å². The SMILES string of the molecule is Cc1cc(NC(=O)C2CC2(Cl)Cl)cc(C(=O)Nc2cc(NC(=O)C(F)F)c(F)cc2F)c1Cl. The molecule has 3 N–H and O–H groups in total. The van der Waals surface area contributed by atoms with Gasteiger partial charge in [-0.1, -0.05) is 11.6 Å². The van der Waals surface area contributed by atoms with Gasteiger partial charge in [0.15, 0.2) is 0 Å². The lowest BCUT2D eigenvalue weighted by molar-refractivity contribution is -0.126. The third-order valence-corrected chi connectivity index (χ3v) is 6.01. The van der Waals surface area contributed by atoms with Gasteiger partial charge in [-0.05, 0) is 37.1 Å². The summed E-state index contributed by atoms with van der Waals surface area (Å²) in [6, 6.07) is 3.65. The topological polar surface area (TPSA) is 87.3 Å². The summed E-state index contributed by atoms with van der Waals surface area (Å²) in [6.45, 7) is 1.55. The molecule has 1 unspecified atom stereocenters. The molecule has 0 bridgehead atoms. The van der Waals surface area contributed by atoms with Crippen LogP contribution in [0.25, 0.3) is 0 Å². The maximum Gasteiger partial charge on any atom is 0.315 e. The second-order valence-corrected chi connectivity index (χ2v) is 9.14. The summed E-state index contributed by atoms with van der Waals surface area (Å²) in [5.74, 6) is -6.43. The molecule has 0 aliphatic heterocycles. The fourth-order valence-corrected chi connectivity index (χ4v) is 3.55. The molecule has 2 aromatic rings. The number of halogens is 7. The van der Waals surface area contributed by atoms with Crippen LogP contribution in [0.5, 0.6) is 0 Å². The number of anilines is 3. The van der Waals surface area contributed by atoms with Gasteiger partial charge in [-0.3, -0.25) is 14.4 Å². The Balaban J connectivity index is 1.84. The van der Waals surface area contributed by atoms with Crippen molar-refractivity contribution in [2.45, 2.75) is 24.1 Å². The van der Waals surface area contributed by atoms with E-state index in [1.165, 1.54) is 12.1 Å². The van der Waals surface area contributed by atoms with E-state index < -0.39 is 57.4 Å². The van der Waals surface area contributed by atoms with Crippen molar-refractivity contribution in [3.05, 3.63) is 52.0 Å². The van der Waals surface area contributed by atoms with Crippen LogP contribution in [-0.2, 0) is 9.59 Å². The highest BCUT2D eigenvalue weighted by Gasteiger charge is 2.56. The van der Waals surface area contributed by atoms with Gasteiger partial charge in [0.05, 0.1) is 27.9 Å². The molecule has 1 fully saturated rings. The summed E-state index contributed by atoms with van der Waals surface area (Å²) >= 11 is 17.9. The standard InChI is InChI=1S/C20H14Cl3F4N3O3/c1-7-2-8(28-18(32)10-6-20(10,22)23)3-9(15(7)21)17(31)29-13-5-14(12(25)4-11(13)24)30-19(33)16(26)27/h2-5,10,16H,6H2,1H3,(H,28,32)(H,29,31)(H,30,33). The Morgan fingerprint density at radius 2 is 1.58 bits per heavy atom. The smallest absolute Gasteiger partial charge is 0.315 e. The number of nitrogens with one attached hydrogen (secondary N) is 3. The third-order valence-electron chi connectivity index (χ3n) is 4.67. The van der Waals surface area contributed by atoms with Gasteiger partial charge >= 0.3 is 6.43 Å². The summed E-state index contributed by atoms with van der Waals surface area (Å²) in [7, 11) is 0. The molecule has 3 amide bonds. The van der Waals surface area contributed by atoms with Gasteiger partial charge in [-0.25, -0.2) is 8.78 Å². The van der Waals surface area contributed by atoms with E-state index in [1.807, 2.05) is 0 Å². The van der Waals surface area contributed by atoms with E-state index in [-0.39, 0.29) is 22.7 Å². The number of carbonyl (C=O) groups is 3. The second kappa shape index (κ2) is 9.36. The first-order valence-electron chi connectivity index (χ1n) is 9.18. The van der Waals surface area contributed by atoms with E-state index >= 15 is 0 Å². The molecule has 6 nitrogen and oxygen atoms in total. The Hall–Kier alpha value is -2.56. The normalized spacial score (nSPS) is 16.3. The fraction of sp³-hybridized carbons (Fsp3) is 0.250. The van der Waals surface area contributed by atoms with Gasteiger partial charge in [0.2, 0.25) is 5.91 Å². The predicted molar refractivity (Wildman–Crippen MR) is 116 cm³/mol. The molecule has 1 aliphatic carbocycles. The van der Waals surface area contributed by atoms with Crippen molar-refractivity contribution in [1.29, 1.82) is 0 Å². The summed E-state index contributed by atoms with van der Waals surface area (Å²) in [5.41, 5.74) is -0.973. The highest BCUT2D eigenvalue weighted by atomic mass is 35.5. The number of benzene rings is 2. The van der Waals surface area contributed by atoms with E-state index in [2.05, 4.69) is 10.6 Å². The molecule has 33 heavy (non-hydrogen) atoms. The quantitative estimate of drug-likeness (QED) is 0.342. The number of aryl methyl sites for hydroxylation is 1. The van der Waals surface area contributed by atoms with Gasteiger partial charge in [-0.15, -0.1) is 23.2 Å². The summed E-state index contributed by atoms with van der Waals surface area (Å²) in [5, 5.41) is 6.26. The molecule has 0 heterocycles. The van der Waals surface area contributed by atoms with Crippen LogP contribution in [0.15, 0.2) is 24.3 Å². The first-order valence-corrected chi connectivity index (χ1v) is 10.3. The van der Waals surface area contributed by atoms with Gasteiger partial charge in [0, 0.05) is 11.8 Å². The zero-order valence-corrected chi connectivity index (χ0v) is 18.8. The minimum atomic E-state index is -3.44. The monoisotopic (exact) mass is 525 g/mol. The molecule has 0 saturated heterocycles. The van der Waals surface area contributed by atoms with Crippen molar-refractivity contribution in [3.63, 3.8) is 0 Å². The predicted octanol–water partition coefficient (Wildman–Crippen LogP) is 5.51. The average Bonchev–Trinajstić information content (AvgIpc) is 3.36. The molecule has 0 radical (unpaired) electrons. The zero-order valence-electron chi connectivity index (χ0n) is 16.5. The Kier molecular flexibility index (Phi) is 7.11. The van der Waals surface area contributed by atoms with Gasteiger partial charge in [-0.2, -0.15) is 8.78 Å². The average molecular weight is 527 g/mol. The molecule has 176 valence electrons. The molecule has 2 aromatic carbocycles. The van der Waals surface area contributed by atoms with Crippen molar-refractivity contribution in [1.82, 2.24) is 0 Å². The van der Waals surface area contributed by atoms with Crippen LogP contribution in [-0.4, -0.2) is 28.5 Å². The van der Waals surface area contributed by atoms with Crippen LogP contribution in [0.1, 0.15) is 22.3 Å². The van der Waals surface area contributed by atoms with Crippen LogP contribution >= 0.6 is 34.8 Å². The van der Waals surface area contributed by atoms with Gasteiger partial charge in [0.1, 0.15) is 16.0 Å². The van der Waals surface area contributed by atoms with Crippen LogP contribution in [0.2, 0.25) is 5.02 Å². The van der Waals surface area contributed by atoms with Crippen molar-refractivity contribution in [3.8, 4) is 0 Å². The van der Waals surface area contributed by atoms with E-state index in [0.29, 0.717) is 17.7 Å². The molecule has 0 aromatic heterocycles. The maximum absolute atomic E-state index is 14.2. The Labute approximate surface area is 199 Å². The number of hydrogen-bond acceptors (Lipinski definition) is 3. The van der Waals surface area contributed by atoms with Crippen LogP contribution in [0.4, 0.5) is 34.6 Å². The van der Waals surface area contributed by atoms with Crippen LogP contribution < -0.4 is 16.0 Å². The minimum Gasteiger partial charge on any atom is -0.326 e. The fourth-order valence-electron chi connectivity index (χ4n) is 2.85. The van der Waals surface area contributed by atoms with E-state index in [0.717, 1.165) is 0 Å². The molecule has 3 rings (SSSR count). The van der Waals surface area contributed by atoms with E-state index in [4.69, 9.17) is 34.8 Å². The Bertz CT molecular complexity index is 1160. The number of carbonyl (C=O) groups excluding carboxylic acids is 3. The maximum atomic E-state index is 14.2. The summed E-state index contributed by atoms with van der Waals surface area (Å²) in [6.07, 6.45) is -3.18. The van der Waals surface area contributed by atoms with Crippen molar-refractivity contribution in [2.24, 2.45) is 5.92 Å². The second-order valence-electron chi connectivity index (χ2n) is 7.22. The highest BCUT2D eigenvalue weighted by molar-refractivity contribution is 6.52. The number of rotatable bonds is 6. The molecular weight excluding hydrogens is 513 g/mol. The molecular formula is C20H14Cl3F4N3O3. The number of amides is 3. The molecule has 1 saturated carbocycles. The number of alkyl halides is 4. The molecule has 1 atom stereocenters. The lowest BCUT2D eigenvalue weighted by Gasteiger charge is -2.14. The lowest BCUT2D eigenvalue weighted by atomic mass is 10.1. The van der Waals surface area contributed by atoms with Crippen molar-refractivity contribution >= 4 is 69.6 Å². The Morgan fingerprint density at radius 3 is 2.12 bits per heavy atom. The molecule has 0 spiro atoms. The first-order chi connectivity index (χ1) is 15.3. The van der Waals surface area contributed by atoms with Crippen molar-refractivity contribution in [2.75, 3.05) is 16.0 Å². The van der Waals surface area contributed by atoms with Gasteiger partial charge < -0.3 is 16.0 Å². The van der Waals surface area contributed by atoms with E-state index in [1.54, 1.807) is 12.2 Å². The number of hydrogen-bond donors (Lipinski definition) is 3. The zero-order chi connectivity index (χ0) is 24.7. The summed E-state index contributed by atoms with van der Waals surface area (Å²) in [4.78, 5) is 36.1. The third kappa shape index (κ3) is 5.69. The minimum absolute atomic E-state index is 0.0188. The highest BCUT2D eigenvalue weighted by Crippen LogP contribution is 2.53.